The molecule has 0 saturated heterocycles. The topological polar surface area (TPSA) is 68.3 Å². The van der Waals surface area contributed by atoms with Crippen molar-refractivity contribution in [2.75, 3.05) is 13.7 Å². The molecule has 4 heteroatoms. The maximum absolute atomic E-state index is 8.79. The van der Waals surface area contributed by atoms with Crippen molar-refractivity contribution < 1.29 is 9.47 Å². The zero-order valence-electron chi connectivity index (χ0n) is 11.5. The van der Waals surface area contributed by atoms with Crippen LogP contribution in [0.4, 0.5) is 0 Å². The molecule has 0 unspecified atom stereocenters. The number of methoxy groups -OCH3 is 1. The standard InChI is InChI=1S/C15H20N2O2/c1-11(17)12-3-4-13(14(9-12)18-2)19-10-15(5-6-15)7-8-16/h3-4,9,11H,5-7,10,17H2,1-2H3/t11-/m1/s1. The molecule has 0 radical (unpaired) electrons. The maximum atomic E-state index is 8.79. The Kier molecular flexibility index (Phi) is 3.96. The lowest BCUT2D eigenvalue weighted by molar-refractivity contribution is 0.227. The summed E-state index contributed by atoms with van der Waals surface area (Å²) in [7, 11) is 1.62. The summed E-state index contributed by atoms with van der Waals surface area (Å²) in [5, 5.41) is 8.79. The molecule has 4 nitrogen and oxygen atoms in total. The normalized spacial score (nSPS) is 17.4. The number of hydrogen-bond acceptors (Lipinski definition) is 4. The van der Waals surface area contributed by atoms with Crippen LogP contribution < -0.4 is 15.2 Å². The molecule has 0 aromatic heterocycles. The first kappa shape index (κ1) is 13.7. The van der Waals surface area contributed by atoms with Crippen LogP contribution in [0.15, 0.2) is 18.2 Å². The Balaban J connectivity index is 2.06. The van der Waals surface area contributed by atoms with E-state index in [4.69, 9.17) is 20.5 Å². The van der Waals surface area contributed by atoms with Crippen molar-refractivity contribution in [3.05, 3.63) is 23.8 Å². The van der Waals surface area contributed by atoms with Gasteiger partial charge in [-0.2, -0.15) is 5.26 Å². The number of rotatable bonds is 6. The van der Waals surface area contributed by atoms with Crippen LogP contribution in [-0.2, 0) is 0 Å². The Morgan fingerprint density at radius 1 is 1.42 bits per heavy atom. The molecule has 1 atom stereocenters. The minimum absolute atomic E-state index is 0.0312. The molecule has 2 N–H and O–H groups in total. The Morgan fingerprint density at radius 2 is 2.16 bits per heavy atom. The summed E-state index contributed by atoms with van der Waals surface area (Å²) < 4.78 is 11.2. The van der Waals surface area contributed by atoms with Gasteiger partial charge in [0, 0.05) is 17.9 Å². The Labute approximate surface area is 114 Å². The lowest BCUT2D eigenvalue weighted by Crippen LogP contribution is -2.13. The fraction of sp³-hybridized carbons (Fsp3) is 0.533. The summed E-state index contributed by atoms with van der Waals surface area (Å²) in [4.78, 5) is 0. The number of nitriles is 1. The second-order valence-corrected chi connectivity index (χ2v) is 5.32. The van der Waals surface area contributed by atoms with Gasteiger partial charge < -0.3 is 15.2 Å². The van der Waals surface area contributed by atoms with Gasteiger partial charge in [0.25, 0.3) is 0 Å². The van der Waals surface area contributed by atoms with Crippen LogP contribution in [0.5, 0.6) is 11.5 Å². The first-order valence-corrected chi connectivity index (χ1v) is 6.53. The van der Waals surface area contributed by atoms with Crippen molar-refractivity contribution in [1.29, 1.82) is 5.26 Å². The van der Waals surface area contributed by atoms with Gasteiger partial charge in [0.05, 0.1) is 19.8 Å². The first-order valence-electron chi connectivity index (χ1n) is 6.53. The average molecular weight is 260 g/mol. The third-order valence-electron chi connectivity index (χ3n) is 3.66. The number of nitrogens with two attached hydrogens (primary N) is 1. The van der Waals surface area contributed by atoms with Gasteiger partial charge in [0.15, 0.2) is 11.5 Å². The van der Waals surface area contributed by atoms with Crippen molar-refractivity contribution in [2.45, 2.75) is 32.2 Å². The largest absolute Gasteiger partial charge is 0.493 e. The van der Waals surface area contributed by atoms with Gasteiger partial charge in [-0.1, -0.05) is 6.07 Å². The van der Waals surface area contributed by atoms with Gasteiger partial charge in [-0.05, 0) is 37.5 Å². The van der Waals surface area contributed by atoms with Gasteiger partial charge in [-0.3, -0.25) is 0 Å². The molecule has 102 valence electrons. The monoisotopic (exact) mass is 260 g/mol. The van der Waals surface area contributed by atoms with E-state index >= 15 is 0 Å². The highest BCUT2D eigenvalue weighted by atomic mass is 16.5. The lowest BCUT2D eigenvalue weighted by Gasteiger charge is -2.16. The van der Waals surface area contributed by atoms with Gasteiger partial charge >= 0.3 is 0 Å². The van der Waals surface area contributed by atoms with Gasteiger partial charge in [0.2, 0.25) is 0 Å². The molecule has 1 aromatic carbocycles. The van der Waals surface area contributed by atoms with Crippen LogP contribution in [0.2, 0.25) is 0 Å². The van der Waals surface area contributed by atoms with E-state index in [0.717, 1.165) is 24.2 Å². The highest BCUT2D eigenvalue weighted by molar-refractivity contribution is 5.43. The molecular formula is C15H20N2O2. The fourth-order valence-corrected chi connectivity index (χ4v) is 2.03. The van der Waals surface area contributed by atoms with Crippen molar-refractivity contribution in [2.24, 2.45) is 11.1 Å². The van der Waals surface area contributed by atoms with Crippen molar-refractivity contribution in [1.82, 2.24) is 0 Å². The van der Waals surface area contributed by atoms with E-state index in [9.17, 15) is 0 Å². The van der Waals surface area contributed by atoms with E-state index in [-0.39, 0.29) is 11.5 Å². The van der Waals surface area contributed by atoms with E-state index in [2.05, 4.69) is 6.07 Å². The minimum Gasteiger partial charge on any atom is -0.493 e. The summed E-state index contributed by atoms with van der Waals surface area (Å²) in [5.41, 5.74) is 6.93. The smallest absolute Gasteiger partial charge is 0.161 e. The van der Waals surface area contributed by atoms with E-state index < -0.39 is 0 Å². The van der Waals surface area contributed by atoms with Crippen LogP contribution >= 0.6 is 0 Å². The van der Waals surface area contributed by atoms with E-state index in [0.29, 0.717) is 18.8 Å². The summed E-state index contributed by atoms with van der Waals surface area (Å²) in [6.45, 7) is 2.51. The molecule has 19 heavy (non-hydrogen) atoms. The summed E-state index contributed by atoms with van der Waals surface area (Å²) in [6.07, 6.45) is 2.70. The van der Waals surface area contributed by atoms with Crippen molar-refractivity contribution >= 4 is 0 Å². The van der Waals surface area contributed by atoms with E-state index in [1.54, 1.807) is 7.11 Å². The molecule has 1 fully saturated rings. The predicted octanol–water partition coefficient (Wildman–Crippen LogP) is 2.79. The predicted molar refractivity (Wildman–Crippen MR) is 73.0 cm³/mol. The number of benzene rings is 1. The molecule has 1 aliphatic rings. The van der Waals surface area contributed by atoms with E-state index in [1.807, 2.05) is 25.1 Å². The van der Waals surface area contributed by atoms with Crippen LogP contribution in [0.25, 0.3) is 0 Å². The molecule has 0 amide bonds. The highest BCUT2D eigenvalue weighted by Crippen LogP contribution is 2.49. The molecule has 1 aromatic rings. The van der Waals surface area contributed by atoms with Crippen LogP contribution in [0, 0.1) is 16.7 Å². The Bertz CT molecular complexity index is 487. The number of ether oxygens (including phenoxy) is 2. The molecule has 1 aliphatic carbocycles. The molecule has 1 saturated carbocycles. The zero-order valence-corrected chi connectivity index (χ0v) is 11.5. The van der Waals surface area contributed by atoms with Crippen molar-refractivity contribution in [3.8, 4) is 17.6 Å². The van der Waals surface area contributed by atoms with Crippen LogP contribution in [-0.4, -0.2) is 13.7 Å². The van der Waals surface area contributed by atoms with Crippen molar-refractivity contribution in [3.63, 3.8) is 0 Å². The molecule has 0 heterocycles. The zero-order chi connectivity index (χ0) is 13.9. The van der Waals surface area contributed by atoms with E-state index in [1.165, 1.54) is 0 Å². The second-order valence-electron chi connectivity index (χ2n) is 5.32. The van der Waals surface area contributed by atoms with Gasteiger partial charge in [-0.15, -0.1) is 0 Å². The quantitative estimate of drug-likeness (QED) is 0.854. The third-order valence-corrected chi connectivity index (χ3v) is 3.66. The Morgan fingerprint density at radius 3 is 2.68 bits per heavy atom. The highest BCUT2D eigenvalue weighted by Gasteiger charge is 2.43. The SMILES string of the molecule is COc1cc([C@@H](C)N)ccc1OCC1(CC#N)CC1. The molecule has 0 bridgehead atoms. The number of nitrogens with zero attached hydrogens (tertiary/aromatic N) is 1. The third kappa shape index (κ3) is 3.18. The minimum atomic E-state index is -0.0312. The molecular weight excluding hydrogens is 240 g/mol. The summed E-state index contributed by atoms with van der Waals surface area (Å²) in [5.74, 6) is 1.42. The average Bonchev–Trinajstić information content (AvgIpc) is 3.16. The van der Waals surface area contributed by atoms with Gasteiger partial charge in [0.1, 0.15) is 0 Å². The first-order chi connectivity index (χ1) is 9.10. The van der Waals surface area contributed by atoms with Gasteiger partial charge in [-0.25, -0.2) is 0 Å². The lowest BCUT2D eigenvalue weighted by atomic mass is 10.1. The number of hydrogen-bond donors (Lipinski definition) is 1. The Hall–Kier alpha value is -1.73. The van der Waals surface area contributed by atoms with Crippen LogP contribution in [0.1, 0.15) is 37.8 Å². The molecule has 0 spiro atoms. The summed E-state index contributed by atoms with van der Waals surface area (Å²) >= 11 is 0. The summed E-state index contributed by atoms with van der Waals surface area (Å²) in [6, 6.07) is 7.95. The second kappa shape index (κ2) is 5.50. The fourth-order valence-electron chi connectivity index (χ4n) is 2.03. The van der Waals surface area contributed by atoms with Crippen LogP contribution in [0.3, 0.4) is 0 Å². The maximum Gasteiger partial charge on any atom is 0.161 e. The molecule has 0 aliphatic heterocycles. The molecule has 2 rings (SSSR count).